The molecule has 236 valence electrons. The lowest BCUT2D eigenvalue weighted by molar-refractivity contribution is 1.18. The average Bonchev–Trinajstić information content (AvgIpc) is 3.21. The van der Waals surface area contributed by atoms with E-state index in [0.29, 0.717) is 5.82 Å². The van der Waals surface area contributed by atoms with Crippen molar-refractivity contribution in [3.8, 4) is 45.0 Å². The zero-order chi connectivity index (χ0) is 33.5. The quantitative estimate of drug-likeness (QED) is 0.155. The van der Waals surface area contributed by atoms with Crippen LogP contribution in [0.4, 0.5) is 0 Å². The summed E-state index contributed by atoms with van der Waals surface area (Å²) in [5.41, 5.74) is 14.4. The molecule has 1 heterocycles. The van der Waals surface area contributed by atoms with Gasteiger partial charge in [0.2, 0.25) is 0 Å². The van der Waals surface area contributed by atoms with Crippen LogP contribution in [0, 0.1) is 0 Å². The van der Waals surface area contributed by atoms with Crippen LogP contribution in [0.3, 0.4) is 0 Å². The fraction of sp³-hybridized carbons (Fsp3) is 0. The number of benzene rings is 7. The molecule has 8 aromatic rings. The fourth-order valence-electron chi connectivity index (χ4n) is 6.46. The Morgan fingerprint density at radius 1 is 0.260 bits per heavy atom. The highest BCUT2D eigenvalue weighted by Gasteiger charge is 2.16. The Kier molecular flexibility index (Phi) is 8.73. The van der Waals surface area contributed by atoms with Gasteiger partial charge in [-0.2, -0.15) is 0 Å². The molecule has 0 aliphatic heterocycles. The van der Waals surface area contributed by atoms with Crippen LogP contribution in [0.2, 0.25) is 0 Å². The van der Waals surface area contributed by atoms with E-state index in [0.717, 1.165) is 39.2 Å². The van der Waals surface area contributed by atoms with Crippen molar-refractivity contribution in [3.63, 3.8) is 0 Å². The Morgan fingerprint density at radius 2 is 0.560 bits per heavy atom. The van der Waals surface area contributed by atoms with Gasteiger partial charge in [0.1, 0.15) is 0 Å². The first kappa shape index (κ1) is 30.7. The fourth-order valence-corrected chi connectivity index (χ4v) is 6.46. The van der Waals surface area contributed by atoms with E-state index < -0.39 is 0 Å². The van der Waals surface area contributed by atoms with Crippen molar-refractivity contribution < 1.29 is 0 Å². The summed E-state index contributed by atoms with van der Waals surface area (Å²) in [5.74, 6) is 0.717. The Bertz CT molecular complexity index is 2250. The van der Waals surface area contributed by atoms with Crippen molar-refractivity contribution in [2.45, 2.75) is 0 Å². The van der Waals surface area contributed by atoms with E-state index in [4.69, 9.17) is 9.97 Å². The molecule has 0 bridgehead atoms. The molecule has 0 aliphatic carbocycles. The second-order valence-electron chi connectivity index (χ2n) is 12.2. The molecule has 0 saturated carbocycles. The van der Waals surface area contributed by atoms with E-state index >= 15 is 0 Å². The second kappa shape index (κ2) is 14.2. The van der Waals surface area contributed by atoms with E-state index in [1.54, 1.807) is 0 Å². The van der Waals surface area contributed by atoms with E-state index in [1.807, 2.05) is 36.4 Å². The molecule has 8 rings (SSSR count). The maximum atomic E-state index is 5.01. The van der Waals surface area contributed by atoms with Crippen molar-refractivity contribution in [2.75, 3.05) is 0 Å². The summed E-state index contributed by atoms with van der Waals surface area (Å²) in [6.07, 6.45) is 0. The van der Waals surface area contributed by atoms with Gasteiger partial charge in [0, 0.05) is 16.7 Å². The first-order valence-electron chi connectivity index (χ1n) is 16.9. The molecular formula is C48H34N2. The third-order valence-corrected chi connectivity index (χ3v) is 8.95. The predicted molar refractivity (Wildman–Crippen MR) is 208 cm³/mol. The molecule has 0 spiro atoms. The van der Waals surface area contributed by atoms with Gasteiger partial charge in [-0.1, -0.05) is 200 Å². The molecule has 50 heavy (non-hydrogen) atoms. The monoisotopic (exact) mass is 638 g/mol. The van der Waals surface area contributed by atoms with Gasteiger partial charge in [-0.25, -0.2) is 9.97 Å². The zero-order valence-electron chi connectivity index (χ0n) is 27.5. The summed E-state index contributed by atoms with van der Waals surface area (Å²) in [6, 6.07) is 72.3. The summed E-state index contributed by atoms with van der Waals surface area (Å²) in [4.78, 5) is 9.96. The molecule has 2 heteroatoms. The van der Waals surface area contributed by atoms with Crippen molar-refractivity contribution in [1.29, 1.82) is 0 Å². The average molecular weight is 639 g/mol. The molecule has 0 fully saturated rings. The number of hydrogen-bond donors (Lipinski definition) is 0. The third-order valence-electron chi connectivity index (χ3n) is 8.95. The lowest BCUT2D eigenvalue weighted by atomic mass is 9.85. The molecule has 0 N–H and O–H groups in total. The van der Waals surface area contributed by atoms with Crippen LogP contribution in [0.1, 0.15) is 22.3 Å². The molecule has 1 aromatic heterocycles. The largest absolute Gasteiger partial charge is 0.228 e. The number of nitrogens with zero attached hydrogens (tertiary/aromatic N) is 2. The van der Waals surface area contributed by atoms with Gasteiger partial charge in [0.15, 0.2) is 5.82 Å². The summed E-state index contributed by atoms with van der Waals surface area (Å²) in [6.45, 7) is 0. The van der Waals surface area contributed by atoms with E-state index in [2.05, 4.69) is 170 Å². The maximum absolute atomic E-state index is 5.01. The standard InChI is InChI=1S/C48H34N2/c1-6-16-37(17-7-1)44-34-45(50-48(49-44)43-24-14-5-15-25-43)38-30-26-35(27-31-38)36-28-32-42(33-29-36)47(41-22-12-4-13-23-41)46(39-18-8-2-9-19-39)40-20-10-3-11-21-40/h1-34H. The number of rotatable bonds is 8. The summed E-state index contributed by atoms with van der Waals surface area (Å²) < 4.78 is 0. The first-order chi connectivity index (χ1) is 24.8. The van der Waals surface area contributed by atoms with Crippen LogP contribution in [-0.2, 0) is 0 Å². The summed E-state index contributed by atoms with van der Waals surface area (Å²) in [7, 11) is 0. The second-order valence-corrected chi connectivity index (χ2v) is 12.2. The lowest BCUT2D eigenvalue weighted by Crippen LogP contribution is -1.97. The molecule has 0 radical (unpaired) electrons. The number of aromatic nitrogens is 2. The number of hydrogen-bond acceptors (Lipinski definition) is 2. The van der Waals surface area contributed by atoms with Crippen molar-refractivity contribution in [2.24, 2.45) is 0 Å². The third kappa shape index (κ3) is 6.56. The molecule has 0 unspecified atom stereocenters. The zero-order valence-corrected chi connectivity index (χ0v) is 27.5. The van der Waals surface area contributed by atoms with E-state index in [-0.39, 0.29) is 0 Å². The van der Waals surface area contributed by atoms with Gasteiger partial charge in [-0.3, -0.25) is 0 Å². The summed E-state index contributed by atoms with van der Waals surface area (Å²) >= 11 is 0. The van der Waals surface area contributed by atoms with Gasteiger partial charge in [-0.15, -0.1) is 0 Å². The van der Waals surface area contributed by atoms with Crippen LogP contribution in [-0.4, -0.2) is 9.97 Å². The minimum Gasteiger partial charge on any atom is -0.228 e. The predicted octanol–water partition coefficient (Wildman–Crippen LogP) is 12.2. The molecule has 0 saturated heterocycles. The topological polar surface area (TPSA) is 25.8 Å². The molecule has 2 nitrogen and oxygen atoms in total. The molecule has 0 atom stereocenters. The minimum atomic E-state index is 0.717. The van der Waals surface area contributed by atoms with Crippen LogP contribution < -0.4 is 0 Å². The Balaban J connectivity index is 1.17. The Hall–Kier alpha value is -6.64. The minimum absolute atomic E-state index is 0.717. The Labute approximate surface area is 293 Å². The van der Waals surface area contributed by atoms with Crippen LogP contribution in [0.5, 0.6) is 0 Å². The lowest BCUT2D eigenvalue weighted by Gasteiger charge is -2.18. The highest BCUT2D eigenvalue weighted by atomic mass is 14.9. The molecule has 7 aromatic carbocycles. The Morgan fingerprint density at radius 3 is 0.980 bits per heavy atom. The van der Waals surface area contributed by atoms with Crippen molar-refractivity contribution in [3.05, 3.63) is 229 Å². The van der Waals surface area contributed by atoms with Gasteiger partial charge >= 0.3 is 0 Å². The van der Waals surface area contributed by atoms with E-state index in [9.17, 15) is 0 Å². The SMILES string of the molecule is c1ccc(C(=C(c2ccccc2)c2ccc(-c3ccc(-c4cc(-c5ccccc5)nc(-c5ccccc5)n4)cc3)cc2)c2ccccc2)cc1. The molecular weight excluding hydrogens is 605 g/mol. The maximum Gasteiger partial charge on any atom is 0.160 e. The van der Waals surface area contributed by atoms with Crippen molar-refractivity contribution in [1.82, 2.24) is 9.97 Å². The van der Waals surface area contributed by atoms with Gasteiger partial charge < -0.3 is 0 Å². The van der Waals surface area contributed by atoms with Gasteiger partial charge in [0.25, 0.3) is 0 Å². The molecule has 0 amide bonds. The normalized spacial score (nSPS) is 10.8. The highest BCUT2D eigenvalue weighted by molar-refractivity contribution is 6.04. The highest BCUT2D eigenvalue weighted by Crippen LogP contribution is 2.38. The van der Waals surface area contributed by atoms with Gasteiger partial charge in [0.05, 0.1) is 11.4 Å². The van der Waals surface area contributed by atoms with Crippen molar-refractivity contribution >= 4 is 11.1 Å². The first-order valence-corrected chi connectivity index (χ1v) is 16.9. The van der Waals surface area contributed by atoms with Crippen LogP contribution >= 0.6 is 0 Å². The van der Waals surface area contributed by atoms with Crippen LogP contribution in [0.25, 0.3) is 56.2 Å². The van der Waals surface area contributed by atoms with Gasteiger partial charge in [-0.05, 0) is 50.6 Å². The smallest absolute Gasteiger partial charge is 0.160 e. The molecule has 0 aliphatic rings. The summed E-state index contributed by atoms with van der Waals surface area (Å²) in [5, 5.41) is 0. The van der Waals surface area contributed by atoms with Crippen LogP contribution in [0.15, 0.2) is 206 Å². The van der Waals surface area contributed by atoms with E-state index in [1.165, 1.54) is 33.4 Å².